The summed E-state index contributed by atoms with van der Waals surface area (Å²) in [6.45, 7) is 9.12. The van der Waals surface area contributed by atoms with E-state index in [-0.39, 0.29) is 67.9 Å². The average molecular weight is 1330 g/mol. The Hall–Kier alpha value is -8.89. The van der Waals surface area contributed by atoms with Crippen LogP contribution in [0.3, 0.4) is 0 Å². The minimum Gasteiger partial charge on any atom is -0.496 e. The van der Waals surface area contributed by atoms with Crippen molar-refractivity contribution in [3.63, 3.8) is 0 Å². The molecule has 5 aromatic carbocycles. The summed E-state index contributed by atoms with van der Waals surface area (Å²) in [5, 5.41) is 8.59. The number of thiophene rings is 1. The Kier molecular flexibility index (Phi) is 22.6. The summed E-state index contributed by atoms with van der Waals surface area (Å²) >= 11 is 8.58. The number of carbonyl (C=O) groups is 4. The van der Waals surface area contributed by atoms with Gasteiger partial charge in [0, 0.05) is 60.5 Å². The molecule has 0 unspecified atom stereocenters. The van der Waals surface area contributed by atoms with Crippen molar-refractivity contribution in [2.45, 2.75) is 76.3 Å². The van der Waals surface area contributed by atoms with Crippen LogP contribution < -0.4 is 46.4 Å². The SMILES string of the molecule is COC(=O)[C@@H](Cc1ccccc1OCc1ccnc(-c2ccccc2OC)n1)Oc1ncnc2sc(-c3ccc(F)cc3)c(-c3ccc(OCCN4CC[N+](C)(Cc5ccc(NC(=O)[C@H](CCCNC(N)=O)NC(=O)[C@@H](N)C(C)C)cc5S(=O)(=O)O)CC4)c(Cl)c3C)c12. The zero-order chi connectivity index (χ0) is 66.6. The van der Waals surface area contributed by atoms with Crippen LogP contribution in [0.5, 0.6) is 23.1 Å². The van der Waals surface area contributed by atoms with Crippen LogP contribution in [0.25, 0.3) is 43.2 Å². The van der Waals surface area contributed by atoms with Crippen molar-refractivity contribution in [3.05, 3.63) is 155 Å². The maximum atomic E-state index is 14.5. The number of amides is 4. The van der Waals surface area contributed by atoms with Gasteiger partial charge in [0.1, 0.15) is 64.9 Å². The maximum Gasteiger partial charge on any atom is 0.347 e. The molecule has 1 saturated heterocycles. The number of hydrogen-bond acceptors (Lipinski definition) is 18. The highest BCUT2D eigenvalue weighted by atomic mass is 35.5. The van der Waals surface area contributed by atoms with Gasteiger partial charge in [-0.25, -0.2) is 33.9 Å². The number of rotatable bonds is 28. The van der Waals surface area contributed by atoms with Gasteiger partial charge in [-0.2, -0.15) is 8.42 Å². The van der Waals surface area contributed by atoms with Crippen LogP contribution in [0.2, 0.25) is 5.02 Å². The summed E-state index contributed by atoms with van der Waals surface area (Å²) in [6.07, 6.45) is 2.17. The van der Waals surface area contributed by atoms with Gasteiger partial charge >= 0.3 is 12.0 Å². The number of fused-ring (bicyclic) bond motifs is 1. The van der Waals surface area contributed by atoms with E-state index in [2.05, 4.69) is 35.8 Å². The second-order valence-electron chi connectivity index (χ2n) is 23.0. The molecule has 0 spiro atoms. The molecule has 23 nitrogen and oxygen atoms in total. The van der Waals surface area contributed by atoms with E-state index in [1.165, 1.54) is 49.0 Å². The largest absolute Gasteiger partial charge is 0.496 e. The number of ether oxygens (including phenoxy) is 5. The molecule has 0 saturated carbocycles. The lowest BCUT2D eigenvalue weighted by molar-refractivity contribution is -0.926. The van der Waals surface area contributed by atoms with Crippen molar-refractivity contribution in [3.8, 4) is 56.1 Å². The predicted molar refractivity (Wildman–Crippen MR) is 351 cm³/mol. The summed E-state index contributed by atoms with van der Waals surface area (Å²) in [6, 6.07) is 27.8. The number of anilines is 1. The number of halogens is 2. The number of methoxy groups -OCH3 is 2. The van der Waals surface area contributed by atoms with E-state index >= 15 is 0 Å². The minimum absolute atomic E-state index is 0.0167. The molecule has 9 rings (SSSR count). The third-order valence-electron chi connectivity index (χ3n) is 16.1. The Morgan fingerprint density at radius 3 is 2.31 bits per heavy atom. The molecule has 8 aromatic rings. The Morgan fingerprint density at radius 1 is 0.871 bits per heavy atom. The first kappa shape index (κ1) is 68.5. The van der Waals surface area contributed by atoms with E-state index in [0.717, 1.165) is 5.56 Å². The number of quaternary nitrogens is 1. The number of nitrogens with zero attached hydrogens (tertiary/aromatic N) is 6. The van der Waals surface area contributed by atoms with Crippen LogP contribution in [0.1, 0.15) is 49.1 Å². The van der Waals surface area contributed by atoms with Gasteiger partial charge in [0.25, 0.3) is 10.1 Å². The van der Waals surface area contributed by atoms with Crippen molar-refractivity contribution < 1.29 is 64.7 Å². The number of piperazine rings is 1. The van der Waals surface area contributed by atoms with E-state index in [1.807, 2.05) is 62.5 Å². The number of aromatic nitrogens is 4. The number of benzene rings is 5. The minimum atomic E-state index is -4.77. The lowest BCUT2D eigenvalue weighted by Crippen LogP contribution is -2.57. The van der Waals surface area contributed by atoms with Crippen LogP contribution in [0.15, 0.2) is 127 Å². The fourth-order valence-corrected chi connectivity index (χ4v) is 12.9. The lowest BCUT2D eigenvalue weighted by Gasteiger charge is -2.42. The number of para-hydroxylation sites is 2. The summed E-state index contributed by atoms with van der Waals surface area (Å²) in [5.74, 6) is -0.426. The predicted octanol–water partition coefficient (Wildman–Crippen LogP) is 8.78. The first-order chi connectivity index (χ1) is 44.5. The Morgan fingerprint density at radius 2 is 1.60 bits per heavy atom. The number of nitrogens with one attached hydrogen (secondary N) is 3. The van der Waals surface area contributed by atoms with Gasteiger partial charge in [-0.3, -0.25) is 19.0 Å². The highest BCUT2D eigenvalue weighted by Gasteiger charge is 2.34. The summed E-state index contributed by atoms with van der Waals surface area (Å²) in [4.78, 5) is 73.1. The third-order valence-corrected chi connectivity index (χ3v) is 18.6. The number of primary amides is 1. The summed E-state index contributed by atoms with van der Waals surface area (Å²) in [7, 11) is 0.0907. The van der Waals surface area contributed by atoms with E-state index in [1.54, 1.807) is 63.6 Å². The molecule has 4 heterocycles. The number of urea groups is 1. The Labute approximate surface area is 547 Å². The molecule has 0 bridgehead atoms. The van der Waals surface area contributed by atoms with Crippen molar-refractivity contribution in [2.75, 3.05) is 72.5 Å². The maximum absolute atomic E-state index is 14.5. The molecule has 8 N–H and O–H groups in total. The third kappa shape index (κ3) is 17.2. The molecule has 1 aliphatic rings. The van der Waals surface area contributed by atoms with Gasteiger partial charge in [-0.1, -0.05) is 74.0 Å². The van der Waals surface area contributed by atoms with Crippen molar-refractivity contribution in [1.82, 2.24) is 35.5 Å². The van der Waals surface area contributed by atoms with Gasteiger partial charge in [-0.15, -0.1) is 11.3 Å². The molecular weight excluding hydrogens is 1260 g/mol. The van der Waals surface area contributed by atoms with Gasteiger partial charge in [0.15, 0.2) is 5.82 Å². The molecule has 0 aliphatic carbocycles. The van der Waals surface area contributed by atoms with Crippen LogP contribution in [-0.4, -0.2) is 151 Å². The number of esters is 1. The van der Waals surface area contributed by atoms with Crippen molar-refractivity contribution >= 4 is 72.8 Å². The van der Waals surface area contributed by atoms with Gasteiger partial charge < -0.3 is 55.6 Å². The van der Waals surface area contributed by atoms with Gasteiger partial charge in [-0.05, 0) is 109 Å². The molecule has 3 aromatic heterocycles. The van der Waals surface area contributed by atoms with E-state index in [0.29, 0.717) is 119 Å². The molecule has 1 aliphatic heterocycles. The zero-order valence-electron chi connectivity index (χ0n) is 52.2. The lowest BCUT2D eigenvalue weighted by atomic mass is 9.96. The summed E-state index contributed by atoms with van der Waals surface area (Å²) in [5.41, 5.74) is 16.3. The van der Waals surface area contributed by atoms with Crippen molar-refractivity contribution in [1.29, 1.82) is 0 Å². The quantitative estimate of drug-likeness (QED) is 0.0115. The van der Waals surface area contributed by atoms with Crippen LogP contribution >= 0.6 is 22.9 Å². The molecule has 4 amide bonds. The van der Waals surface area contributed by atoms with Gasteiger partial charge in [0.05, 0.1) is 62.1 Å². The van der Waals surface area contributed by atoms with E-state index in [9.17, 15) is 36.5 Å². The van der Waals surface area contributed by atoms with Crippen LogP contribution in [0, 0.1) is 18.7 Å². The fraction of sp³-hybridized carbons (Fsp3) is 0.333. The summed E-state index contributed by atoms with van der Waals surface area (Å²) < 4.78 is 81.4. The Bertz CT molecular complexity index is 4120. The molecule has 27 heteroatoms. The van der Waals surface area contributed by atoms with Crippen LogP contribution in [-0.2, 0) is 48.8 Å². The fourth-order valence-electron chi connectivity index (χ4n) is 10.8. The first-order valence-corrected chi connectivity index (χ1v) is 32.6. The highest BCUT2D eigenvalue weighted by Crippen LogP contribution is 2.50. The van der Waals surface area contributed by atoms with E-state index in [4.69, 9.17) is 51.7 Å². The molecule has 490 valence electrons. The monoisotopic (exact) mass is 1330 g/mol. The molecule has 0 radical (unpaired) electrons. The second-order valence-corrected chi connectivity index (χ2v) is 25.8. The average Bonchev–Trinajstić information content (AvgIpc) is 1.62. The zero-order valence-corrected chi connectivity index (χ0v) is 54.6. The standard InChI is InChI=1S/C66H73ClFN11O12S2/c1-39(2)58(69)62(81)77-49(14-11-26-72-66(70)83)61(80)76-45-22-19-43(54(35-45)93(84,85)86)36-79(4)31-28-78(29-32-79)30-33-89-52-24-23-47(40(3)57(52)67)55-56-63(73-38-74-64(56)92-59(55)41-17-20-44(68)21-18-41)91-53(65(82)88-6)34-42-12-7-9-15-50(42)90-37-46-25-27-71-60(75-46)48-13-8-10-16-51(48)87-5/h7-10,12-13,15-25,27,35,38-39,49,53,58H,11,14,26,28-34,36-37,69H2,1-6H3,(H5-,70,72,76,77,80,81,83,84,85,86)/p+1/t49-,53+,58-/m0/s1. The number of nitrogens with two attached hydrogens (primary N) is 2. The smallest absolute Gasteiger partial charge is 0.347 e. The van der Waals surface area contributed by atoms with Gasteiger partial charge in [0.2, 0.25) is 23.8 Å². The molecule has 1 fully saturated rings. The number of carbonyl (C=O) groups excluding carboxylic acids is 4. The second kappa shape index (κ2) is 30.7. The first-order valence-electron chi connectivity index (χ1n) is 30.0. The normalized spacial score (nSPS) is 14.2. The topological polar surface area (TPSA) is 312 Å². The number of likely N-dealkylation sites (N-methyl/N-ethyl adjacent to an activating group) is 1. The van der Waals surface area contributed by atoms with E-state index < -0.39 is 57.9 Å². The van der Waals surface area contributed by atoms with Crippen molar-refractivity contribution in [2.24, 2.45) is 17.4 Å². The molecule has 93 heavy (non-hydrogen) atoms. The molecular formula is C66H74ClFN11O12S2+. The Balaban J connectivity index is 0.879. The number of hydrogen-bond donors (Lipinski definition) is 6. The molecule has 3 atom stereocenters. The van der Waals surface area contributed by atoms with Crippen LogP contribution in [0.4, 0.5) is 14.9 Å². The highest BCUT2D eigenvalue weighted by molar-refractivity contribution is 7.85.